The van der Waals surface area contributed by atoms with Crippen molar-refractivity contribution in [1.29, 1.82) is 0 Å². The molecule has 2 aromatic rings. The van der Waals surface area contributed by atoms with Gasteiger partial charge in [0, 0.05) is 19.5 Å². The molecule has 0 saturated heterocycles. The Bertz CT molecular complexity index is 772. The van der Waals surface area contributed by atoms with E-state index in [1.165, 1.54) is 0 Å². The molecule has 1 N–H and O–H groups in total. The molecular weight excluding hydrogens is 352 g/mol. The minimum atomic E-state index is -0.706. The lowest BCUT2D eigenvalue weighted by Crippen LogP contribution is -2.43. The van der Waals surface area contributed by atoms with E-state index in [9.17, 15) is 9.59 Å². The average Bonchev–Trinajstić information content (AvgIpc) is 2.73. The average molecular weight is 380 g/mol. The van der Waals surface area contributed by atoms with Crippen LogP contribution in [-0.2, 0) is 16.1 Å². The second kappa shape index (κ2) is 10.9. The van der Waals surface area contributed by atoms with Crippen LogP contribution in [0, 0.1) is 0 Å². The monoisotopic (exact) mass is 380 g/mol. The van der Waals surface area contributed by atoms with Gasteiger partial charge in [0.2, 0.25) is 11.8 Å². The molecule has 5 heteroatoms. The van der Waals surface area contributed by atoms with Gasteiger partial charge in [-0.05, 0) is 29.7 Å². The van der Waals surface area contributed by atoms with Crippen molar-refractivity contribution < 1.29 is 14.3 Å². The van der Waals surface area contributed by atoms with Gasteiger partial charge in [0.25, 0.3) is 0 Å². The summed E-state index contributed by atoms with van der Waals surface area (Å²) in [6, 6.07) is 16.2. The molecule has 0 saturated carbocycles. The van der Waals surface area contributed by atoms with Gasteiger partial charge >= 0.3 is 0 Å². The molecule has 0 bridgehead atoms. The summed E-state index contributed by atoms with van der Waals surface area (Å²) in [4.78, 5) is 27.6. The fraction of sp³-hybridized carbons (Fsp3) is 0.304. The Kier molecular flexibility index (Phi) is 8.28. The number of rotatable bonds is 10. The number of methoxy groups -OCH3 is 1. The highest BCUT2D eigenvalue weighted by molar-refractivity contribution is 5.88. The van der Waals surface area contributed by atoms with Crippen molar-refractivity contribution in [1.82, 2.24) is 10.2 Å². The van der Waals surface area contributed by atoms with Crippen LogP contribution in [0.1, 0.15) is 36.9 Å². The highest BCUT2D eigenvalue weighted by atomic mass is 16.5. The quantitative estimate of drug-likeness (QED) is 0.637. The summed E-state index contributed by atoms with van der Waals surface area (Å²) in [5.41, 5.74) is 1.71. The van der Waals surface area contributed by atoms with E-state index in [0.717, 1.165) is 16.9 Å². The molecule has 2 rings (SSSR count). The number of carbonyl (C=O) groups excluding carboxylic acids is 2. The van der Waals surface area contributed by atoms with Gasteiger partial charge in [0.1, 0.15) is 11.8 Å². The maximum absolute atomic E-state index is 13.0. The molecule has 0 radical (unpaired) electrons. The smallest absolute Gasteiger partial charge is 0.247 e. The van der Waals surface area contributed by atoms with Crippen LogP contribution in [0.2, 0.25) is 0 Å². The fourth-order valence-corrected chi connectivity index (χ4v) is 2.99. The van der Waals surface area contributed by atoms with Gasteiger partial charge in [-0.1, -0.05) is 55.5 Å². The largest absolute Gasteiger partial charge is 0.497 e. The van der Waals surface area contributed by atoms with Crippen LogP contribution in [0.5, 0.6) is 5.75 Å². The zero-order chi connectivity index (χ0) is 20.4. The fourth-order valence-electron chi connectivity index (χ4n) is 2.99. The zero-order valence-electron chi connectivity index (χ0n) is 16.6. The molecule has 0 fully saturated rings. The van der Waals surface area contributed by atoms with Crippen molar-refractivity contribution in [2.24, 2.45) is 0 Å². The maximum atomic E-state index is 13.0. The van der Waals surface area contributed by atoms with Gasteiger partial charge in [0.05, 0.1) is 7.11 Å². The molecule has 0 heterocycles. The van der Waals surface area contributed by atoms with Crippen LogP contribution in [0.4, 0.5) is 0 Å². The van der Waals surface area contributed by atoms with Crippen LogP contribution in [-0.4, -0.2) is 30.4 Å². The first-order valence-corrected chi connectivity index (χ1v) is 9.46. The lowest BCUT2D eigenvalue weighted by Gasteiger charge is -2.31. The van der Waals surface area contributed by atoms with E-state index in [-0.39, 0.29) is 11.8 Å². The van der Waals surface area contributed by atoms with Crippen LogP contribution in [0.3, 0.4) is 0 Å². The van der Waals surface area contributed by atoms with Gasteiger partial charge in [0.15, 0.2) is 0 Å². The van der Waals surface area contributed by atoms with E-state index in [0.29, 0.717) is 25.9 Å². The van der Waals surface area contributed by atoms with Gasteiger partial charge in [-0.15, -0.1) is 6.58 Å². The summed E-state index contributed by atoms with van der Waals surface area (Å²) in [6.45, 7) is 6.29. The predicted octanol–water partition coefficient (Wildman–Crippen LogP) is 3.87. The van der Waals surface area contributed by atoms with Crippen LogP contribution in [0.25, 0.3) is 0 Å². The number of hydrogen-bond donors (Lipinski definition) is 1. The van der Waals surface area contributed by atoms with E-state index in [2.05, 4.69) is 11.9 Å². The van der Waals surface area contributed by atoms with Crippen LogP contribution < -0.4 is 10.1 Å². The SMILES string of the molecule is C=CCNC(=O)C(c1ccccc1)N(Cc1ccc(OC)cc1)C(=O)CCC. The van der Waals surface area contributed by atoms with Crippen LogP contribution >= 0.6 is 0 Å². The van der Waals surface area contributed by atoms with Crippen LogP contribution in [0.15, 0.2) is 67.3 Å². The van der Waals surface area contributed by atoms with Crippen molar-refractivity contribution in [3.63, 3.8) is 0 Å². The first kappa shape index (κ1) is 21.2. The summed E-state index contributed by atoms with van der Waals surface area (Å²) < 4.78 is 5.21. The van der Waals surface area contributed by atoms with Gasteiger partial charge in [-0.25, -0.2) is 0 Å². The number of ether oxygens (including phenoxy) is 1. The molecule has 0 aliphatic rings. The Balaban J connectivity index is 2.40. The molecule has 2 aromatic carbocycles. The Labute approximate surface area is 167 Å². The normalized spacial score (nSPS) is 11.4. The Morgan fingerprint density at radius 3 is 2.39 bits per heavy atom. The minimum Gasteiger partial charge on any atom is -0.497 e. The topological polar surface area (TPSA) is 58.6 Å². The van der Waals surface area contributed by atoms with Crippen molar-refractivity contribution in [3.8, 4) is 5.75 Å². The van der Waals surface area contributed by atoms with Crippen molar-refractivity contribution in [2.75, 3.05) is 13.7 Å². The third kappa shape index (κ3) is 5.71. The third-order valence-electron chi connectivity index (χ3n) is 4.39. The molecule has 2 amide bonds. The maximum Gasteiger partial charge on any atom is 0.247 e. The van der Waals surface area contributed by atoms with Crippen molar-refractivity contribution in [3.05, 3.63) is 78.4 Å². The predicted molar refractivity (Wildman–Crippen MR) is 111 cm³/mol. The summed E-state index contributed by atoms with van der Waals surface area (Å²) >= 11 is 0. The molecule has 1 unspecified atom stereocenters. The van der Waals surface area contributed by atoms with Gasteiger partial charge in [-0.2, -0.15) is 0 Å². The third-order valence-corrected chi connectivity index (χ3v) is 4.39. The standard InChI is InChI=1S/C23H28N2O3/c1-4-9-21(26)25(17-18-12-14-20(28-3)15-13-18)22(23(27)24-16-5-2)19-10-7-6-8-11-19/h5-8,10-15,22H,2,4,9,16-17H2,1,3H3,(H,24,27). The molecule has 1 atom stereocenters. The number of nitrogens with one attached hydrogen (secondary N) is 1. The molecule has 28 heavy (non-hydrogen) atoms. The molecule has 5 nitrogen and oxygen atoms in total. The summed E-state index contributed by atoms with van der Waals surface area (Å²) in [5, 5.41) is 2.84. The minimum absolute atomic E-state index is 0.0547. The van der Waals surface area contributed by atoms with E-state index >= 15 is 0 Å². The summed E-state index contributed by atoms with van der Waals surface area (Å²) in [6.07, 6.45) is 2.73. The summed E-state index contributed by atoms with van der Waals surface area (Å²) in [7, 11) is 1.61. The first-order valence-electron chi connectivity index (χ1n) is 9.46. The van der Waals surface area contributed by atoms with E-state index in [1.807, 2.05) is 61.5 Å². The van der Waals surface area contributed by atoms with Gasteiger partial charge < -0.3 is 15.0 Å². The number of hydrogen-bond acceptors (Lipinski definition) is 3. The van der Waals surface area contributed by atoms with Crippen molar-refractivity contribution in [2.45, 2.75) is 32.4 Å². The Morgan fingerprint density at radius 2 is 1.82 bits per heavy atom. The highest BCUT2D eigenvalue weighted by Gasteiger charge is 2.30. The molecule has 0 aliphatic heterocycles. The summed E-state index contributed by atoms with van der Waals surface area (Å²) in [5.74, 6) is 0.475. The second-order valence-corrected chi connectivity index (χ2v) is 6.47. The molecule has 0 spiro atoms. The van der Waals surface area contributed by atoms with E-state index < -0.39 is 6.04 Å². The first-order chi connectivity index (χ1) is 13.6. The number of carbonyl (C=O) groups is 2. The lowest BCUT2D eigenvalue weighted by atomic mass is 10.0. The Hall–Kier alpha value is -3.08. The Morgan fingerprint density at radius 1 is 1.14 bits per heavy atom. The molecule has 0 aromatic heterocycles. The molecule has 148 valence electrons. The molecular formula is C23H28N2O3. The second-order valence-electron chi connectivity index (χ2n) is 6.47. The number of nitrogens with zero attached hydrogens (tertiary/aromatic N) is 1. The van der Waals surface area contributed by atoms with E-state index in [1.54, 1.807) is 18.1 Å². The lowest BCUT2D eigenvalue weighted by molar-refractivity contribution is -0.141. The highest BCUT2D eigenvalue weighted by Crippen LogP contribution is 2.25. The van der Waals surface area contributed by atoms with Crippen molar-refractivity contribution >= 4 is 11.8 Å². The number of benzene rings is 2. The number of amides is 2. The molecule has 0 aliphatic carbocycles. The zero-order valence-corrected chi connectivity index (χ0v) is 16.6. The van der Waals surface area contributed by atoms with Gasteiger partial charge in [-0.3, -0.25) is 9.59 Å². The van der Waals surface area contributed by atoms with E-state index in [4.69, 9.17) is 4.74 Å².